The zero-order valence-corrected chi connectivity index (χ0v) is 12.1. The van der Waals surface area contributed by atoms with Crippen LogP contribution >= 0.6 is 0 Å². The Morgan fingerprint density at radius 2 is 2.10 bits per heavy atom. The van der Waals surface area contributed by atoms with Gasteiger partial charge in [-0.15, -0.1) is 0 Å². The first kappa shape index (κ1) is 14.8. The van der Waals surface area contributed by atoms with Crippen LogP contribution in [-0.4, -0.2) is 11.0 Å². The van der Waals surface area contributed by atoms with E-state index in [1.54, 1.807) is 0 Å². The first-order valence-corrected chi connectivity index (χ1v) is 6.88. The molecule has 1 aliphatic rings. The van der Waals surface area contributed by atoms with Gasteiger partial charge in [0.1, 0.15) is 0 Å². The van der Waals surface area contributed by atoms with Crippen molar-refractivity contribution in [2.75, 3.05) is 0 Å². The summed E-state index contributed by atoms with van der Waals surface area (Å²) in [6.07, 6.45) is 2.68. The van der Waals surface area contributed by atoms with Crippen molar-refractivity contribution >= 4 is 5.69 Å². The molecule has 1 aliphatic carbocycles. The van der Waals surface area contributed by atoms with Gasteiger partial charge in [-0.3, -0.25) is 10.1 Å². The molecule has 110 valence electrons. The maximum atomic E-state index is 13.6. The van der Waals surface area contributed by atoms with E-state index in [1.807, 2.05) is 0 Å². The summed E-state index contributed by atoms with van der Waals surface area (Å²) in [5, 5.41) is 11.0. The predicted octanol–water partition coefficient (Wildman–Crippen LogP) is 4.33. The molecule has 1 aromatic rings. The number of nitro groups is 1. The standard InChI is InChI=1S/C15H20FNO3/c1-10-7-11(9-15(2,3)8-10)20-13-6-4-5-12(16)14(13)17(18)19/h4-6,10-11H,7-9H2,1-3H3. The normalized spacial score (nSPS) is 25.2. The van der Waals surface area contributed by atoms with Gasteiger partial charge < -0.3 is 4.74 Å². The molecule has 2 unspecified atom stereocenters. The second-order valence-electron chi connectivity index (χ2n) is 6.50. The van der Waals surface area contributed by atoms with Crippen molar-refractivity contribution in [3.63, 3.8) is 0 Å². The van der Waals surface area contributed by atoms with Crippen molar-refractivity contribution in [2.24, 2.45) is 11.3 Å². The molecule has 1 fully saturated rings. The van der Waals surface area contributed by atoms with Gasteiger partial charge in [-0.2, -0.15) is 4.39 Å². The number of benzene rings is 1. The fourth-order valence-corrected chi connectivity index (χ4v) is 3.30. The lowest BCUT2D eigenvalue weighted by Crippen LogP contribution is -2.34. The number of nitrogens with zero attached hydrogens (tertiary/aromatic N) is 1. The second kappa shape index (κ2) is 5.38. The molecular formula is C15H20FNO3. The first-order valence-electron chi connectivity index (χ1n) is 6.88. The first-order chi connectivity index (χ1) is 9.28. The highest BCUT2D eigenvalue weighted by molar-refractivity contribution is 5.47. The summed E-state index contributed by atoms with van der Waals surface area (Å²) in [7, 11) is 0. The Morgan fingerprint density at radius 3 is 2.70 bits per heavy atom. The second-order valence-corrected chi connectivity index (χ2v) is 6.50. The van der Waals surface area contributed by atoms with Crippen LogP contribution in [0.2, 0.25) is 0 Å². The van der Waals surface area contributed by atoms with Gasteiger partial charge in [0.05, 0.1) is 11.0 Å². The van der Waals surface area contributed by atoms with E-state index in [0.717, 1.165) is 25.3 Å². The van der Waals surface area contributed by atoms with E-state index in [1.165, 1.54) is 12.1 Å². The van der Waals surface area contributed by atoms with Crippen molar-refractivity contribution in [3.8, 4) is 5.75 Å². The molecule has 0 aliphatic heterocycles. The molecule has 5 heteroatoms. The van der Waals surface area contributed by atoms with E-state index in [0.29, 0.717) is 5.92 Å². The molecule has 0 amide bonds. The average molecular weight is 281 g/mol. The quantitative estimate of drug-likeness (QED) is 0.612. The minimum Gasteiger partial charge on any atom is -0.483 e. The van der Waals surface area contributed by atoms with Crippen LogP contribution in [0.1, 0.15) is 40.0 Å². The summed E-state index contributed by atoms with van der Waals surface area (Å²) in [4.78, 5) is 10.2. The summed E-state index contributed by atoms with van der Waals surface area (Å²) in [6.45, 7) is 6.48. The van der Waals surface area contributed by atoms with E-state index < -0.39 is 16.4 Å². The minimum atomic E-state index is -0.851. The molecule has 1 saturated carbocycles. The van der Waals surface area contributed by atoms with E-state index in [-0.39, 0.29) is 17.3 Å². The molecule has 0 aromatic heterocycles. The highest BCUT2D eigenvalue weighted by Crippen LogP contribution is 2.41. The van der Waals surface area contributed by atoms with Crippen molar-refractivity contribution in [1.29, 1.82) is 0 Å². The van der Waals surface area contributed by atoms with Crippen LogP contribution in [0.15, 0.2) is 18.2 Å². The van der Waals surface area contributed by atoms with Crippen LogP contribution in [0.3, 0.4) is 0 Å². The van der Waals surface area contributed by atoms with Gasteiger partial charge in [0, 0.05) is 0 Å². The van der Waals surface area contributed by atoms with E-state index >= 15 is 0 Å². The molecule has 2 atom stereocenters. The van der Waals surface area contributed by atoms with Gasteiger partial charge in [0.2, 0.25) is 11.6 Å². The number of rotatable bonds is 3. The maximum Gasteiger partial charge on any atom is 0.346 e. The molecule has 0 radical (unpaired) electrons. The fourth-order valence-electron chi connectivity index (χ4n) is 3.30. The lowest BCUT2D eigenvalue weighted by molar-refractivity contribution is -0.388. The Labute approximate surface area is 118 Å². The highest BCUT2D eigenvalue weighted by Gasteiger charge is 2.34. The third-order valence-corrected chi connectivity index (χ3v) is 3.77. The van der Waals surface area contributed by atoms with Crippen molar-refractivity contribution in [1.82, 2.24) is 0 Å². The zero-order valence-electron chi connectivity index (χ0n) is 12.1. The molecule has 0 spiro atoms. The molecular weight excluding hydrogens is 261 g/mol. The third kappa shape index (κ3) is 3.26. The molecule has 0 N–H and O–H groups in total. The minimum absolute atomic E-state index is 0.0323. The zero-order chi connectivity index (χ0) is 14.9. The monoisotopic (exact) mass is 281 g/mol. The van der Waals surface area contributed by atoms with Gasteiger partial charge in [-0.25, -0.2) is 0 Å². The van der Waals surface area contributed by atoms with Crippen LogP contribution < -0.4 is 4.74 Å². The van der Waals surface area contributed by atoms with E-state index in [9.17, 15) is 14.5 Å². The molecule has 2 rings (SSSR count). The van der Waals surface area contributed by atoms with Crippen LogP contribution in [0.25, 0.3) is 0 Å². The Kier molecular flexibility index (Phi) is 3.97. The summed E-state index contributed by atoms with van der Waals surface area (Å²) in [5.74, 6) is -0.322. The summed E-state index contributed by atoms with van der Waals surface area (Å²) >= 11 is 0. The summed E-state index contributed by atoms with van der Waals surface area (Å²) < 4.78 is 19.3. The summed E-state index contributed by atoms with van der Waals surface area (Å²) in [6, 6.07) is 3.99. The molecule has 0 bridgehead atoms. The smallest absolute Gasteiger partial charge is 0.346 e. The number of ether oxygens (including phenoxy) is 1. The van der Waals surface area contributed by atoms with Crippen molar-refractivity contribution < 1.29 is 14.1 Å². The van der Waals surface area contributed by atoms with Crippen molar-refractivity contribution in [2.45, 2.75) is 46.1 Å². The largest absolute Gasteiger partial charge is 0.483 e. The topological polar surface area (TPSA) is 52.4 Å². The van der Waals surface area contributed by atoms with Gasteiger partial charge in [0.15, 0.2) is 0 Å². The van der Waals surface area contributed by atoms with Crippen LogP contribution in [0, 0.1) is 27.3 Å². The number of nitro benzene ring substituents is 1. The SMILES string of the molecule is CC1CC(Oc2cccc(F)c2[N+](=O)[O-])CC(C)(C)C1. The van der Waals surface area contributed by atoms with Crippen LogP contribution in [0.5, 0.6) is 5.75 Å². The van der Waals surface area contributed by atoms with Gasteiger partial charge in [-0.05, 0) is 42.7 Å². The van der Waals surface area contributed by atoms with Gasteiger partial charge >= 0.3 is 5.69 Å². The number of halogens is 1. The summed E-state index contributed by atoms with van der Waals surface area (Å²) in [5.41, 5.74) is -0.423. The van der Waals surface area contributed by atoms with Crippen molar-refractivity contribution in [3.05, 3.63) is 34.1 Å². The molecule has 0 saturated heterocycles. The Bertz CT molecular complexity index is 516. The lowest BCUT2D eigenvalue weighted by atomic mass is 9.71. The number of hydrogen-bond donors (Lipinski definition) is 0. The molecule has 1 aromatic carbocycles. The third-order valence-electron chi connectivity index (χ3n) is 3.77. The number of hydrogen-bond acceptors (Lipinski definition) is 3. The molecule has 0 heterocycles. The number of para-hydroxylation sites is 1. The van der Waals surface area contributed by atoms with E-state index in [4.69, 9.17) is 4.74 Å². The average Bonchev–Trinajstić information content (AvgIpc) is 2.25. The van der Waals surface area contributed by atoms with Crippen LogP contribution in [0.4, 0.5) is 10.1 Å². The van der Waals surface area contributed by atoms with Crippen LogP contribution in [-0.2, 0) is 0 Å². The van der Waals surface area contributed by atoms with Gasteiger partial charge in [0.25, 0.3) is 0 Å². The Hall–Kier alpha value is -1.65. The predicted molar refractivity (Wildman–Crippen MR) is 74.3 cm³/mol. The molecule has 20 heavy (non-hydrogen) atoms. The lowest BCUT2D eigenvalue weighted by Gasteiger charge is -2.38. The van der Waals surface area contributed by atoms with E-state index in [2.05, 4.69) is 20.8 Å². The van der Waals surface area contributed by atoms with Gasteiger partial charge in [-0.1, -0.05) is 26.8 Å². The Morgan fingerprint density at radius 1 is 1.40 bits per heavy atom. The molecule has 4 nitrogen and oxygen atoms in total. The fraction of sp³-hybridized carbons (Fsp3) is 0.600. The Balaban J connectivity index is 2.22. The maximum absolute atomic E-state index is 13.6. The highest BCUT2D eigenvalue weighted by atomic mass is 19.1.